The van der Waals surface area contributed by atoms with Crippen LogP contribution in [0.1, 0.15) is 0 Å². The Morgan fingerprint density at radius 1 is 0.389 bits per heavy atom. The summed E-state index contributed by atoms with van der Waals surface area (Å²) in [4.78, 5) is 15.9. The molecule has 0 N–H and O–H groups in total. The van der Waals surface area contributed by atoms with E-state index in [1.54, 1.807) is 0 Å². The molecule has 0 fully saturated rings. The monoisotopic (exact) mass is 688 g/mol. The summed E-state index contributed by atoms with van der Waals surface area (Å²) in [6.07, 6.45) is 0. The molecule has 0 bridgehead atoms. The van der Waals surface area contributed by atoms with Crippen molar-refractivity contribution in [3.8, 4) is 51.3 Å². The Labute approximate surface area is 309 Å². The minimum Gasteiger partial charge on any atom is -0.455 e. The maximum Gasteiger partial charge on any atom is 0.167 e. The molecular formula is C49H28N4O. The number of rotatable bonds is 4. The molecule has 0 saturated heterocycles. The number of hydrogen-bond donors (Lipinski definition) is 0. The highest BCUT2D eigenvalue weighted by atomic mass is 16.5. The minimum absolute atomic E-state index is 0.556. The Balaban J connectivity index is 1.18. The first-order chi connectivity index (χ1) is 26.8. The molecule has 0 saturated carbocycles. The molecule has 1 aliphatic heterocycles. The highest BCUT2D eigenvalue weighted by molar-refractivity contribution is 6.26. The van der Waals surface area contributed by atoms with Gasteiger partial charge in [0, 0.05) is 38.1 Å². The topological polar surface area (TPSA) is 52.8 Å². The van der Waals surface area contributed by atoms with Gasteiger partial charge in [-0.3, -0.25) is 0 Å². The van der Waals surface area contributed by atoms with E-state index in [9.17, 15) is 0 Å². The van der Waals surface area contributed by atoms with Crippen LogP contribution in [0.2, 0.25) is 0 Å². The summed E-state index contributed by atoms with van der Waals surface area (Å²) in [5.41, 5.74) is 5.89. The van der Waals surface area contributed by atoms with Crippen LogP contribution in [0.25, 0.3) is 105 Å². The molecule has 0 radical (unpaired) electrons. The van der Waals surface area contributed by atoms with Gasteiger partial charge in [-0.1, -0.05) is 133 Å². The van der Waals surface area contributed by atoms with Crippen molar-refractivity contribution in [3.63, 3.8) is 0 Å². The molecule has 250 valence electrons. The van der Waals surface area contributed by atoms with Crippen molar-refractivity contribution >= 4 is 64.9 Å². The molecular weight excluding hydrogens is 661 g/mol. The molecule has 0 atom stereocenters. The Morgan fingerprint density at radius 3 is 1.69 bits per heavy atom. The Bertz CT molecular complexity index is 3310. The van der Waals surface area contributed by atoms with Gasteiger partial charge in [0.25, 0.3) is 0 Å². The average molecular weight is 689 g/mol. The smallest absolute Gasteiger partial charge is 0.167 e. The first kappa shape index (κ1) is 29.2. The van der Waals surface area contributed by atoms with Crippen molar-refractivity contribution in [2.75, 3.05) is 0 Å². The summed E-state index contributed by atoms with van der Waals surface area (Å²) in [7, 11) is 0. The van der Waals surface area contributed by atoms with Crippen LogP contribution in [0, 0.1) is 0 Å². The van der Waals surface area contributed by atoms with Crippen molar-refractivity contribution < 1.29 is 4.74 Å². The molecule has 3 heterocycles. The van der Waals surface area contributed by atoms with Crippen molar-refractivity contribution in [2.45, 2.75) is 0 Å². The van der Waals surface area contributed by atoms with Crippen molar-refractivity contribution in [1.82, 2.24) is 19.5 Å². The second kappa shape index (κ2) is 11.1. The molecule has 9 aromatic carbocycles. The van der Waals surface area contributed by atoms with Gasteiger partial charge in [0.15, 0.2) is 17.5 Å². The zero-order valence-corrected chi connectivity index (χ0v) is 28.9. The second-order valence-electron chi connectivity index (χ2n) is 14.0. The number of hydrogen-bond acceptors (Lipinski definition) is 4. The SMILES string of the molecule is c1ccc(-c2nc(-c3cc4ccccc4cc3-n3c4ccccc4c4ccccc43)nc(-c3ccc4ccc5ccc6cccc7c6c5c4c3O7)n2)cc1. The number of benzene rings is 9. The summed E-state index contributed by atoms with van der Waals surface area (Å²) in [5, 5.41) is 11.5. The lowest BCUT2D eigenvalue weighted by molar-refractivity contribution is 0.494. The molecule has 2 aromatic heterocycles. The van der Waals surface area contributed by atoms with Crippen molar-refractivity contribution in [2.24, 2.45) is 0 Å². The Hall–Kier alpha value is -7.37. The number of fused-ring (bicyclic) bond motifs is 4. The van der Waals surface area contributed by atoms with Crippen LogP contribution in [-0.4, -0.2) is 19.5 Å². The van der Waals surface area contributed by atoms with E-state index in [1.165, 1.54) is 21.5 Å². The van der Waals surface area contributed by atoms with Crippen LogP contribution in [0.15, 0.2) is 170 Å². The summed E-state index contributed by atoms with van der Waals surface area (Å²) >= 11 is 0. The third kappa shape index (κ3) is 4.18. The van der Waals surface area contributed by atoms with E-state index in [-0.39, 0.29) is 0 Å². The highest BCUT2D eigenvalue weighted by Crippen LogP contribution is 2.50. The van der Waals surface area contributed by atoms with Crippen LogP contribution < -0.4 is 4.74 Å². The van der Waals surface area contributed by atoms with Gasteiger partial charge in [-0.15, -0.1) is 0 Å². The molecule has 11 aromatic rings. The van der Waals surface area contributed by atoms with Crippen LogP contribution in [0.5, 0.6) is 11.5 Å². The van der Waals surface area contributed by atoms with E-state index in [0.717, 1.165) is 77.2 Å². The van der Waals surface area contributed by atoms with Crippen molar-refractivity contribution in [3.05, 3.63) is 170 Å². The molecule has 54 heavy (non-hydrogen) atoms. The molecule has 0 spiro atoms. The minimum atomic E-state index is 0.556. The zero-order valence-electron chi connectivity index (χ0n) is 28.9. The summed E-state index contributed by atoms with van der Waals surface area (Å²) in [6, 6.07) is 59.6. The molecule has 0 amide bonds. The zero-order chi connectivity index (χ0) is 35.3. The van der Waals surface area contributed by atoms with Crippen LogP contribution in [-0.2, 0) is 0 Å². The normalized spacial score (nSPS) is 12.2. The fraction of sp³-hybridized carbons (Fsp3) is 0. The standard InChI is InChI=1S/C49H28N4O/c1-2-11-32(12-3-1)47-50-48(37-26-25-31-24-23-30-22-21-29-15-10-20-42-43(29)44(30)45(31)46(37)54-42)52-49(51-47)38-27-33-13-4-5-14-34(33)28-41(38)53-39-18-8-6-16-35(39)36-17-7-9-19-40(36)53/h1-28H. The predicted molar refractivity (Wildman–Crippen MR) is 221 cm³/mol. The fourth-order valence-electron chi connectivity index (χ4n) is 8.53. The lowest BCUT2D eigenvalue weighted by Crippen LogP contribution is -2.05. The lowest BCUT2D eigenvalue weighted by atomic mass is 9.92. The number of aromatic nitrogens is 4. The van der Waals surface area contributed by atoms with Gasteiger partial charge >= 0.3 is 0 Å². The molecule has 5 heteroatoms. The molecule has 5 nitrogen and oxygen atoms in total. The fourth-order valence-corrected chi connectivity index (χ4v) is 8.53. The number of ether oxygens (including phenoxy) is 1. The summed E-state index contributed by atoms with van der Waals surface area (Å²) in [6.45, 7) is 0. The van der Waals surface area contributed by atoms with Crippen LogP contribution in [0.4, 0.5) is 0 Å². The van der Waals surface area contributed by atoms with E-state index in [2.05, 4.69) is 156 Å². The molecule has 0 unspecified atom stereocenters. The maximum absolute atomic E-state index is 6.89. The van der Waals surface area contributed by atoms with E-state index in [0.29, 0.717) is 17.5 Å². The lowest BCUT2D eigenvalue weighted by Gasteiger charge is -2.22. The largest absolute Gasteiger partial charge is 0.455 e. The average Bonchev–Trinajstić information content (AvgIpc) is 3.57. The van der Waals surface area contributed by atoms with Gasteiger partial charge in [0.1, 0.15) is 11.5 Å². The number of para-hydroxylation sites is 2. The molecule has 0 aliphatic carbocycles. The third-order valence-corrected chi connectivity index (χ3v) is 11.0. The van der Waals surface area contributed by atoms with E-state index >= 15 is 0 Å². The van der Waals surface area contributed by atoms with Gasteiger partial charge in [-0.25, -0.2) is 15.0 Å². The van der Waals surface area contributed by atoms with Crippen LogP contribution in [0.3, 0.4) is 0 Å². The summed E-state index contributed by atoms with van der Waals surface area (Å²) < 4.78 is 9.25. The van der Waals surface area contributed by atoms with Gasteiger partial charge in [-0.05, 0) is 63.3 Å². The quantitative estimate of drug-likeness (QED) is 0.173. The van der Waals surface area contributed by atoms with Gasteiger partial charge < -0.3 is 9.30 Å². The van der Waals surface area contributed by atoms with Crippen LogP contribution >= 0.6 is 0 Å². The predicted octanol–water partition coefficient (Wildman–Crippen LogP) is 12.7. The Kier molecular flexibility index (Phi) is 5.99. The number of nitrogens with zero attached hydrogens (tertiary/aromatic N) is 4. The molecule has 12 rings (SSSR count). The van der Waals surface area contributed by atoms with Crippen molar-refractivity contribution in [1.29, 1.82) is 0 Å². The van der Waals surface area contributed by atoms with Gasteiger partial charge in [-0.2, -0.15) is 0 Å². The van der Waals surface area contributed by atoms with E-state index in [4.69, 9.17) is 19.7 Å². The maximum atomic E-state index is 6.89. The van der Waals surface area contributed by atoms with Gasteiger partial charge in [0.05, 0.1) is 22.3 Å². The second-order valence-corrected chi connectivity index (χ2v) is 14.0. The van der Waals surface area contributed by atoms with E-state index in [1.807, 2.05) is 18.2 Å². The molecule has 1 aliphatic rings. The summed E-state index contributed by atoms with van der Waals surface area (Å²) in [5.74, 6) is 3.35. The first-order valence-electron chi connectivity index (χ1n) is 18.2. The highest BCUT2D eigenvalue weighted by Gasteiger charge is 2.26. The Morgan fingerprint density at radius 2 is 0.944 bits per heavy atom. The van der Waals surface area contributed by atoms with Gasteiger partial charge in [0.2, 0.25) is 0 Å². The first-order valence-corrected chi connectivity index (χ1v) is 18.2. The third-order valence-electron chi connectivity index (χ3n) is 11.0. The van der Waals surface area contributed by atoms with E-state index < -0.39 is 0 Å².